The lowest BCUT2D eigenvalue weighted by Gasteiger charge is -2.22. The highest BCUT2D eigenvalue weighted by atomic mass is 32.1. The predicted molar refractivity (Wildman–Crippen MR) is 61.0 cm³/mol. The molecule has 0 saturated carbocycles. The maximum Gasteiger partial charge on any atom is 0.307 e. The van der Waals surface area contributed by atoms with Gasteiger partial charge in [-0.2, -0.15) is 12.6 Å². The van der Waals surface area contributed by atoms with Crippen LogP contribution in [0.3, 0.4) is 0 Å². The molecule has 0 aliphatic carbocycles. The minimum atomic E-state index is 0.0821. The Labute approximate surface area is 88.0 Å². The van der Waals surface area contributed by atoms with Gasteiger partial charge >= 0.3 is 4.87 Å². The van der Waals surface area contributed by atoms with Gasteiger partial charge in [0.05, 0.1) is 0 Å². The maximum atomic E-state index is 11.4. The Morgan fingerprint density at radius 1 is 1.62 bits per heavy atom. The predicted octanol–water partition coefficient (Wildman–Crippen LogP) is 2.17. The molecule has 0 fully saturated rings. The summed E-state index contributed by atoms with van der Waals surface area (Å²) in [5.41, 5.74) is 1.13. The maximum absolute atomic E-state index is 11.4. The summed E-state index contributed by atoms with van der Waals surface area (Å²) in [6.07, 6.45) is 0. The number of thiazole rings is 1. The number of hydrogen-bond acceptors (Lipinski definition) is 3. The Morgan fingerprint density at radius 3 is 2.62 bits per heavy atom. The molecule has 0 amide bonds. The summed E-state index contributed by atoms with van der Waals surface area (Å²) in [6, 6.07) is 0. The average Bonchev–Trinajstić information content (AvgIpc) is 2.36. The molecule has 0 bridgehead atoms. The number of rotatable bonds is 3. The van der Waals surface area contributed by atoms with Gasteiger partial charge in [0.15, 0.2) is 0 Å². The van der Waals surface area contributed by atoms with Crippen LogP contribution in [0.5, 0.6) is 0 Å². The van der Waals surface area contributed by atoms with Gasteiger partial charge in [-0.25, -0.2) is 0 Å². The van der Waals surface area contributed by atoms with E-state index in [1.165, 1.54) is 11.3 Å². The van der Waals surface area contributed by atoms with Gasteiger partial charge in [0.1, 0.15) is 0 Å². The van der Waals surface area contributed by atoms with Crippen LogP contribution in [0.25, 0.3) is 0 Å². The van der Waals surface area contributed by atoms with E-state index in [1.807, 2.05) is 16.9 Å². The number of hydrogen-bond donors (Lipinski definition) is 1. The largest absolute Gasteiger partial charge is 0.307 e. The molecule has 13 heavy (non-hydrogen) atoms. The molecule has 0 saturated heterocycles. The van der Waals surface area contributed by atoms with Gasteiger partial charge in [-0.15, -0.1) is 0 Å². The van der Waals surface area contributed by atoms with Crippen molar-refractivity contribution in [3.63, 3.8) is 0 Å². The van der Waals surface area contributed by atoms with Crippen molar-refractivity contribution in [2.75, 3.05) is 5.75 Å². The van der Waals surface area contributed by atoms with Crippen LogP contribution >= 0.6 is 24.0 Å². The van der Waals surface area contributed by atoms with Crippen molar-refractivity contribution in [1.82, 2.24) is 4.57 Å². The zero-order valence-electron chi connectivity index (χ0n) is 8.20. The molecule has 1 rings (SSSR count). The van der Waals surface area contributed by atoms with Crippen LogP contribution < -0.4 is 4.87 Å². The van der Waals surface area contributed by atoms with E-state index in [1.54, 1.807) is 0 Å². The van der Waals surface area contributed by atoms with Crippen LogP contribution in [-0.2, 0) is 6.54 Å². The monoisotopic (exact) mass is 217 g/mol. The molecule has 1 aromatic heterocycles. The summed E-state index contributed by atoms with van der Waals surface area (Å²) in [5.74, 6) is 0.786. The molecule has 0 spiro atoms. The minimum Gasteiger partial charge on any atom is -0.303 e. The summed E-state index contributed by atoms with van der Waals surface area (Å²) in [6.45, 7) is 6.95. The normalized spacial score (nSPS) is 12.0. The molecule has 0 N–H and O–H groups in total. The van der Waals surface area contributed by atoms with Crippen molar-refractivity contribution in [2.24, 2.45) is 5.41 Å². The van der Waals surface area contributed by atoms with E-state index in [0.717, 1.165) is 18.0 Å². The highest BCUT2D eigenvalue weighted by Gasteiger charge is 2.18. The van der Waals surface area contributed by atoms with Crippen molar-refractivity contribution in [1.29, 1.82) is 0 Å². The van der Waals surface area contributed by atoms with Crippen molar-refractivity contribution >= 4 is 24.0 Å². The zero-order chi connectivity index (χ0) is 10.1. The first kappa shape index (κ1) is 10.9. The Morgan fingerprint density at radius 2 is 2.23 bits per heavy atom. The second kappa shape index (κ2) is 3.88. The van der Waals surface area contributed by atoms with E-state index in [4.69, 9.17) is 0 Å². The molecule has 0 aromatic carbocycles. The molecule has 0 radical (unpaired) electrons. The van der Waals surface area contributed by atoms with Gasteiger partial charge in [-0.1, -0.05) is 25.2 Å². The fraction of sp³-hybridized carbons (Fsp3) is 0.667. The van der Waals surface area contributed by atoms with Crippen molar-refractivity contribution in [3.05, 3.63) is 20.7 Å². The van der Waals surface area contributed by atoms with E-state index >= 15 is 0 Å². The SMILES string of the molecule is Cc1csc(=O)n1CC(C)(C)CS. The van der Waals surface area contributed by atoms with Gasteiger partial charge in [0, 0.05) is 17.6 Å². The van der Waals surface area contributed by atoms with Crippen molar-refractivity contribution in [2.45, 2.75) is 27.3 Å². The lowest BCUT2D eigenvalue weighted by molar-refractivity contribution is 0.347. The Bertz CT molecular complexity index is 338. The standard InChI is InChI=1S/C9H15NOS2/c1-7-4-13-8(11)10(7)5-9(2,3)6-12/h4,12H,5-6H2,1-3H3. The van der Waals surface area contributed by atoms with E-state index < -0.39 is 0 Å². The summed E-state index contributed by atoms with van der Waals surface area (Å²) in [5, 5.41) is 1.90. The molecule has 74 valence electrons. The number of thiol groups is 1. The van der Waals surface area contributed by atoms with Crippen molar-refractivity contribution < 1.29 is 0 Å². The van der Waals surface area contributed by atoms with Gasteiger partial charge in [0.2, 0.25) is 0 Å². The Balaban J connectivity index is 2.92. The lowest BCUT2D eigenvalue weighted by Crippen LogP contribution is -2.27. The molecule has 0 aliphatic rings. The third-order valence-electron chi connectivity index (χ3n) is 1.99. The van der Waals surface area contributed by atoms with Gasteiger partial charge in [-0.05, 0) is 18.1 Å². The first-order chi connectivity index (χ1) is 5.96. The summed E-state index contributed by atoms with van der Waals surface area (Å²) in [7, 11) is 0. The van der Waals surface area contributed by atoms with Gasteiger partial charge in [0.25, 0.3) is 0 Å². The topological polar surface area (TPSA) is 22.0 Å². The zero-order valence-corrected chi connectivity index (χ0v) is 9.91. The smallest absolute Gasteiger partial charge is 0.303 e. The quantitative estimate of drug-likeness (QED) is 0.770. The van der Waals surface area contributed by atoms with Crippen LogP contribution in [0.4, 0.5) is 0 Å². The highest BCUT2D eigenvalue weighted by molar-refractivity contribution is 7.80. The van der Waals surface area contributed by atoms with Crippen LogP contribution in [-0.4, -0.2) is 10.3 Å². The van der Waals surface area contributed by atoms with Gasteiger partial charge in [-0.3, -0.25) is 4.79 Å². The number of nitrogens with zero attached hydrogens (tertiary/aromatic N) is 1. The Kier molecular flexibility index (Phi) is 3.24. The molecule has 2 nitrogen and oxygen atoms in total. The third-order valence-corrected chi connectivity index (χ3v) is 3.73. The van der Waals surface area contributed by atoms with Crippen LogP contribution in [0.1, 0.15) is 19.5 Å². The second-order valence-electron chi connectivity index (χ2n) is 4.05. The molecule has 0 aliphatic heterocycles. The fourth-order valence-electron chi connectivity index (χ4n) is 1.07. The van der Waals surface area contributed by atoms with E-state index in [0.29, 0.717) is 0 Å². The Hall–Kier alpha value is -0.220. The molecule has 4 heteroatoms. The summed E-state index contributed by atoms with van der Waals surface area (Å²) in [4.78, 5) is 11.5. The lowest BCUT2D eigenvalue weighted by atomic mass is 9.96. The third kappa shape index (κ3) is 2.61. The summed E-state index contributed by atoms with van der Waals surface area (Å²) < 4.78 is 1.82. The first-order valence-corrected chi connectivity index (χ1v) is 5.73. The average molecular weight is 217 g/mol. The van der Waals surface area contributed by atoms with Crippen LogP contribution in [0, 0.1) is 12.3 Å². The van der Waals surface area contributed by atoms with E-state index in [-0.39, 0.29) is 10.3 Å². The van der Waals surface area contributed by atoms with Crippen LogP contribution in [0.15, 0.2) is 10.2 Å². The molecule has 1 heterocycles. The molecule has 0 unspecified atom stereocenters. The minimum absolute atomic E-state index is 0.0821. The first-order valence-electron chi connectivity index (χ1n) is 4.22. The van der Waals surface area contributed by atoms with Crippen molar-refractivity contribution in [3.8, 4) is 0 Å². The number of aryl methyl sites for hydroxylation is 1. The fourth-order valence-corrected chi connectivity index (χ4v) is 1.91. The second-order valence-corrected chi connectivity index (χ2v) is 5.19. The molecular formula is C9H15NOS2. The summed E-state index contributed by atoms with van der Waals surface area (Å²) >= 11 is 5.53. The van der Waals surface area contributed by atoms with E-state index in [9.17, 15) is 4.79 Å². The highest BCUT2D eigenvalue weighted by Crippen LogP contribution is 2.19. The number of aromatic nitrogens is 1. The van der Waals surface area contributed by atoms with Crippen LogP contribution in [0.2, 0.25) is 0 Å². The van der Waals surface area contributed by atoms with Gasteiger partial charge < -0.3 is 4.57 Å². The van der Waals surface area contributed by atoms with E-state index in [2.05, 4.69) is 26.5 Å². The molecule has 0 atom stereocenters. The molecule has 1 aromatic rings. The molecular weight excluding hydrogens is 202 g/mol.